The number of thiophene rings is 1. The summed E-state index contributed by atoms with van der Waals surface area (Å²) in [4.78, 5) is 12.3. The van der Waals surface area contributed by atoms with E-state index in [4.69, 9.17) is 4.74 Å². The van der Waals surface area contributed by atoms with Crippen molar-refractivity contribution in [3.63, 3.8) is 0 Å². The fraction of sp³-hybridized carbons (Fsp3) is 0.444. The number of carbonyl (C=O) groups is 1. The highest BCUT2D eigenvalue weighted by molar-refractivity contribution is 7.10. The van der Waals surface area contributed by atoms with Gasteiger partial charge in [-0.15, -0.1) is 11.3 Å². The van der Waals surface area contributed by atoms with Crippen LogP contribution in [0.5, 0.6) is 0 Å². The molecule has 0 aromatic carbocycles. The second-order valence-corrected chi connectivity index (χ2v) is 3.53. The van der Waals surface area contributed by atoms with Gasteiger partial charge in [-0.25, -0.2) is 0 Å². The normalized spacial score (nSPS) is 12.5. The van der Waals surface area contributed by atoms with Gasteiger partial charge in [-0.1, -0.05) is 6.07 Å². The molecule has 1 rings (SSSR count). The van der Waals surface area contributed by atoms with Crippen molar-refractivity contribution in [3.05, 3.63) is 22.4 Å². The Hall–Kier alpha value is -0.870. The Morgan fingerprint density at radius 2 is 2.38 bits per heavy atom. The number of carbonyl (C=O) groups excluding carboxylic acids is 1. The van der Waals surface area contributed by atoms with Gasteiger partial charge in [0.1, 0.15) is 5.92 Å². The van der Waals surface area contributed by atoms with E-state index < -0.39 is 0 Å². The zero-order valence-corrected chi connectivity index (χ0v) is 8.47. The maximum absolute atomic E-state index is 11.3. The Kier molecular flexibility index (Phi) is 3.92. The first-order valence-corrected chi connectivity index (χ1v) is 4.77. The first kappa shape index (κ1) is 10.2. The predicted octanol–water partition coefficient (Wildman–Crippen LogP) is 1.65. The number of methoxy groups -OCH3 is 2. The monoisotopic (exact) mass is 200 g/mol. The molecule has 1 atom stereocenters. The van der Waals surface area contributed by atoms with Gasteiger partial charge >= 0.3 is 5.97 Å². The molecule has 0 N–H and O–H groups in total. The van der Waals surface area contributed by atoms with E-state index in [2.05, 4.69) is 4.74 Å². The Morgan fingerprint density at radius 3 is 2.85 bits per heavy atom. The molecule has 0 spiro atoms. The van der Waals surface area contributed by atoms with Crippen LogP contribution in [0.1, 0.15) is 10.8 Å². The van der Waals surface area contributed by atoms with Crippen LogP contribution < -0.4 is 0 Å². The molecule has 1 heterocycles. The van der Waals surface area contributed by atoms with Crippen LogP contribution in [-0.4, -0.2) is 26.8 Å². The van der Waals surface area contributed by atoms with Crippen molar-refractivity contribution in [1.29, 1.82) is 0 Å². The zero-order chi connectivity index (χ0) is 9.68. The quantitative estimate of drug-likeness (QED) is 0.693. The minimum atomic E-state index is -0.282. The van der Waals surface area contributed by atoms with Crippen molar-refractivity contribution in [2.24, 2.45) is 0 Å². The maximum Gasteiger partial charge on any atom is 0.316 e. The summed E-state index contributed by atoms with van der Waals surface area (Å²) in [6.07, 6.45) is 0. The number of esters is 1. The Balaban J connectivity index is 2.74. The molecule has 0 radical (unpaired) electrons. The number of hydrogen-bond acceptors (Lipinski definition) is 4. The van der Waals surface area contributed by atoms with E-state index >= 15 is 0 Å². The van der Waals surface area contributed by atoms with Crippen molar-refractivity contribution < 1.29 is 14.3 Å². The van der Waals surface area contributed by atoms with Gasteiger partial charge in [0, 0.05) is 12.0 Å². The predicted molar refractivity (Wildman–Crippen MR) is 51.0 cm³/mol. The van der Waals surface area contributed by atoms with Crippen LogP contribution in [0.2, 0.25) is 0 Å². The first-order valence-electron chi connectivity index (χ1n) is 3.89. The van der Waals surface area contributed by atoms with Gasteiger partial charge in [0.2, 0.25) is 0 Å². The molecule has 0 aliphatic rings. The van der Waals surface area contributed by atoms with E-state index in [0.717, 1.165) is 4.88 Å². The smallest absolute Gasteiger partial charge is 0.316 e. The lowest BCUT2D eigenvalue weighted by atomic mass is 10.1. The lowest BCUT2D eigenvalue weighted by molar-refractivity contribution is -0.143. The van der Waals surface area contributed by atoms with Gasteiger partial charge in [0.25, 0.3) is 0 Å². The van der Waals surface area contributed by atoms with Crippen molar-refractivity contribution in [3.8, 4) is 0 Å². The standard InChI is InChI=1S/C9H12O3S/c1-11-6-7(9(10)12-2)8-4-3-5-13-8/h3-5,7H,6H2,1-2H3. The summed E-state index contributed by atoms with van der Waals surface area (Å²) in [7, 11) is 2.96. The highest BCUT2D eigenvalue weighted by Gasteiger charge is 2.21. The van der Waals surface area contributed by atoms with Crippen molar-refractivity contribution >= 4 is 17.3 Å². The molecule has 1 aromatic heterocycles. The van der Waals surface area contributed by atoms with Gasteiger partial charge in [-0.2, -0.15) is 0 Å². The van der Waals surface area contributed by atoms with Gasteiger partial charge < -0.3 is 9.47 Å². The third kappa shape index (κ3) is 2.54. The molecule has 72 valence electrons. The summed E-state index contributed by atoms with van der Waals surface area (Å²) in [5.74, 6) is -0.528. The number of ether oxygens (including phenoxy) is 2. The van der Waals surface area contributed by atoms with Crippen LogP contribution in [0.3, 0.4) is 0 Å². The summed E-state index contributed by atoms with van der Waals surface area (Å²) in [5, 5.41) is 1.93. The third-order valence-electron chi connectivity index (χ3n) is 1.71. The molecule has 0 fully saturated rings. The molecule has 0 aliphatic carbocycles. The summed E-state index contributed by atoms with van der Waals surface area (Å²) >= 11 is 1.53. The molecule has 3 nitrogen and oxygen atoms in total. The summed E-state index contributed by atoms with van der Waals surface area (Å²) < 4.78 is 9.63. The molecule has 0 aliphatic heterocycles. The van der Waals surface area contributed by atoms with Crippen LogP contribution in [-0.2, 0) is 14.3 Å². The van der Waals surface area contributed by atoms with Gasteiger partial charge in [-0.3, -0.25) is 4.79 Å². The molecular weight excluding hydrogens is 188 g/mol. The SMILES string of the molecule is COCC(C(=O)OC)c1cccs1. The summed E-state index contributed by atoms with van der Waals surface area (Å²) in [6, 6.07) is 3.82. The van der Waals surface area contributed by atoms with Crippen LogP contribution >= 0.6 is 11.3 Å². The Labute approximate surface area is 81.3 Å². The molecule has 1 aromatic rings. The minimum Gasteiger partial charge on any atom is -0.468 e. The fourth-order valence-electron chi connectivity index (χ4n) is 1.06. The maximum atomic E-state index is 11.3. The summed E-state index contributed by atoms with van der Waals surface area (Å²) in [6.45, 7) is 0.368. The van der Waals surface area contributed by atoms with E-state index in [-0.39, 0.29) is 11.9 Å². The first-order chi connectivity index (χ1) is 6.29. The molecule has 4 heteroatoms. The lowest BCUT2D eigenvalue weighted by Gasteiger charge is -2.10. The largest absolute Gasteiger partial charge is 0.468 e. The molecular formula is C9H12O3S. The topological polar surface area (TPSA) is 35.5 Å². The Bertz CT molecular complexity index is 256. The molecule has 13 heavy (non-hydrogen) atoms. The van der Waals surface area contributed by atoms with Crippen molar-refractivity contribution in [1.82, 2.24) is 0 Å². The molecule has 0 saturated carbocycles. The van der Waals surface area contributed by atoms with Crippen LogP contribution in [0, 0.1) is 0 Å². The number of rotatable bonds is 4. The third-order valence-corrected chi connectivity index (χ3v) is 2.69. The highest BCUT2D eigenvalue weighted by Crippen LogP contribution is 2.22. The van der Waals surface area contributed by atoms with E-state index in [1.165, 1.54) is 18.4 Å². The average molecular weight is 200 g/mol. The van der Waals surface area contributed by atoms with Crippen molar-refractivity contribution in [2.45, 2.75) is 5.92 Å². The highest BCUT2D eigenvalue weighted by atomic mass is 32.1. The fourth-order valence-corrected chi connectivity index (χ4v) is 1.86. The molecule has 0 bridgehead atoms. The van der Waals surface area contributed by atoms with E-state index in [1.54, 1.807) is 7.11 Å². The van der Waals surface area contributed by atoms with Gasteiger partial charge in [0.15, 0.2) is 0 Å². The second kappa shape index (κ2) is 4.99. The van der Waals surface area contributed by atoms with Crippen LogP contribution in [0.4, 0.5) is 0 Å². The van der Waals surface area contributed by atoms with Gasteiger partial charge in [-0.05, 0) is 11.4 Å². The second-order valence-electron chi connectivity index (χ2n) is 2.55. The number of hydrogen-bond donors (Lipinski definition) is 0. The van der Waals surface area contributed by atoms with E-state index in [1.807, 2.05) is 17.5 Å². The van der Waals surface area contributed by atoms with E-state index in [9.17, 15) is 4.79 Å². The molecule has 1 unspecified atom stereocenters. The average Bonchev–Trinajstić information content (AvgIpc) is 2.65. The molecule has 0 amide bonds. The van der Waals surface area contributed by atoms with Gasteiger partial charge in [0.05, 0.1) is 13.7 Å². The van der Waals surface area contributed by atoms with Crippen molar-refractivity contribution in [2.75, 3.05) is 20.8 Å². The van der Waals surface area contributed by atoms with Crippen LogP contribution in [0.25, 0.3) is 0 Å². The summed E-state index contributed by atoms with van der Waals surface area (Å²) in [5.41, 5.74) is 0. The minimum absolute atomic E-state index is 0.246. The molecule has 0 saturated heterocycles. The lowest BCUT2D eigenvalue weighted by Crippen LogP contribution is -2.17. The van der Waals surface area contributed by atoms with Crippen LogP contribution in [0.15, 0.2) is 17.5 Å². The zero-order valence-electron chi connectivity index (χ0n) is 7.65. The van der Waals surface area contributed by atoms with E-state index in [0.29, 0.717) is 6.61 Å². The Morgan fingerprint density at radius 1 is 1.62 bits per heavy atom.